The monoisotopic (exact) mass is 366 g/mol. The Hall–Kier alpha value is -1.79. The fourth-order valence-electron chi connectivity index (χ4n) is 2.69. The maximum absolute atomic E-state index is 14.5. The zero-order valence-electron chi connectivity index (χ0n) is 12.9. The molecule has 0 spiro atoms. The summed E-state index contributed by atoms with van der Waals surface area (Å²) < 4.78 is 14.4. The summed E-state index contributed by atoms with van der Waals surface area (Å²) in [5.74, 6) is -0.416. The minimum Gasteiger partial charge on any atom is -0.392 e. The van der Waals surface area contributed by atoms with E-state index in [1.54, 1.807) is 30.5 Å². The lowest BCUT2D eigenvalue weighted by atomic mass is 10.1. The third-order valence-electron chi connectivity index (χ3n) is 4.02. The van der Waals surface area contributed by atoms with E-state index in [0.29, 0.717) is 27.8 Å². The zero-order chi connectivity index (χ0) is 17.3. The van der Waals surface area contributed by atoms with Crippen molar-refractivity contribution >= 4 is 28.9 Å². The van der Waals surface area contributed by atoms with Gasteiger partial charge >= 0.3 is 0 Å². The Balaban J connectivity index is 2.11. The Morgan fingerprint density at radius 1 is 1.08 bits per heavy atom. The van der Waals surface area contributed by atoms with E-state index in [1.807, 2.05) is 13.0 Å². The first-order valence-electron chi connectivity index (χ1n) is 7.28. The van der Waals surface area contributed by atoms with Crippen LogP contribution in [0.25, 0.3) is 0 Å². The summed E-state index contributed by atoms with van der Waals surface area (Å²) in [6.45, 7) is 1.98. The van der Waals surface area contributed by atoms with E-state index in [0.717, 1.165) is 11.3 Å². The molecule has 1 aliphatic heterocycles. The summed E-state index contributed by atoms with van der Waals surface area (Å²) in [6.07, 6.45) is 1.60. The summed E-state index contributed by atoms with van der Waals surface area (Å²) >= 11 is 12.1. The van der Waals surface area contributed by atoms with Gasteiger partial charge in [-0.1, -0.05) is 35.3 Å². The molecule has 1 atom stereocenters. The Labute approximate surface area is 149 Å². The number of allylic oxidation sites excluding steroid dienone is 1. The van der Waals surface area contributed by atoms with E-state index in [-0.39, 0.29) is 11.2 Å². The van der Waals surface area contributed by atoms with Crippen LogP contribution >= 0.6 is 23.2 Å². The Morgan fingerprint density at radius 2 is 1.83 bits per heavy atom. The molecule has 0 bridgehead atoms. The quantitative estimate of drug-likeness (QED) is 0.725. The molecule has 0 aromatic heterocycles. The summed E-state index contributed by atoms with van der Waals surface area (Å²) in [5.41, 5.74) is 2.53. The van der Waals surface area contributed by atoms with Gasteiger partial charge in [-0.25, -0.2) is 4.39 Å². The van der Waals surface area contributed by atoms with E-state index in [4.69, 9.17) is 23.2 Å². The average molecular weight is 367 g/mol. The summed E-state index contributed by atoms with van der Waals surface area (Å²) in [7, 11) is 0. The molecular weight excluding hydrogens is 352 g/mol. The highest BCUT2D eigenvalue weighted by Gasteiger charge is 2.41. The van der Waals surface area contributed by atoms with E-state index < -0.39 is 5.82 Å². The van der Waals surface area contributed by atoms with Crippen LogP contribution in [-0.2, 0) is 13.2 Å². The van der Waals surface area contributed by atoms with Gasteiger partial charge in [-0.2, -0.15) is 0 Å². The molecule has 0 saturated heterocycles. The Morgan fingerprint density at radius 3 is 2.46 bits per heavy atom. The second-order valence-corrected chi connectivity index (χ2v) is 6.41. The van der Waals surface area contributed by atoms with Crippen molar-refractivity contribution in [3.05, 3.63) is 75.3 Å². The van der Waals surface area contributed by atoms with Gasteiger partial charge < -0.3 is 5.11 Å². The van der Waals surface area contributed by atoms with E-state index in [2.05, 4.69) is 10.3 Å². The number of nitrogens with zero attached hydrogens (tertiary/aromatic N) is 3. The van der Waals surface area contributed by atoms with Crippen molar-refractivity contribution in [1.29, 1.82) is 0 Å². The minimum atomic E-state index is -0.416. The second kappa shape index (κ2) is 6.61. The Bertz CT molecular complexity index is 854. The largest absolute Gasteiger partial charge is 0.392 e. The topological polar surface area (TPSA) is 45.0 Å². The summed E-state index contributed by atoms with van der Waals surface area (Å²) in [5, 5.41) is 18.5. The maximum atomic E-state index is 14.5. The van der Waals surface area contributed by atoms with Crippen molar-refractivity contribution < 1.29 is 9.50 Å². The highest BCUT2D eigenvalue weighted by atomic mass is 35.5. The predicted octanol–water partition coefficient (Wildman–Crippen LogP) is 5.37. The van der Waals surface area contributed by atoms with Crippen molar-refractivity contribution in [2.75, 3.05) is 0 Å². The van der Waals surface area contributed by atoms with E-state index in [1.165, 1.54) is 6.07 Å². The minimum absolute atomic E-state index is 0.141. The van der Waals surface area contributed by atoms with Gasteiger partial charge in [0.25, 0.3) is 0 Å². The van der Waals surface area contributed by atoms with Crippen molar-refractivity contribution in [3.63, 3.8) is 0 Å². The first kappa shape index (κ1) is 17.0. The number of aliphatic hydroxyl groups excluding tert-OH is 1. The van der Waals surface area contributed by atoms with Crippen molar-refractivity contribution in [2.45, 2.75) is 20.1 Å². The molecule has 4 nitrogen and oxygen atoms in total. The smallest absolute Gasteiger partial charge is 0.202 e. The molecule has 0 saturated carbocycles. The number of aliphatic hydroxyl groups is 1. The zero-order valence-corrected chi connectivity index (χ0v) is 14.4. The molecule has 0 fully saturated rings. The molecule has 0 radical (unpaired) electrons. The van der Waals surface area contributed by atoms with Gasteiger partial charge in [0.05, 0.1) is 16.7 Å². The third-order valence-corrected chi connectivity index (χ3v) is 4.76. The average Bonchev–Trinajstić information content (AvgIpc) is 2.93. The van der Waals surface area contributed by atoms with Crippen molar-refractivity contribution in [1.82, 2.24) is 4.59 Å². The van der Waals surface area contributed by atoms with Gasteiger partial charge in [0.1, 0.15) is 12.7 Å². The van der Waals surface area contributed by atoms with E-state index >= 15 is 0 Å². The number of hydrogen-bond acceptors (Lipinski definition) is 3. The number of hydrogen-bond donors (Lipinski definition) is 1. The Kier molecular flexibility index (Phi) is 4.69. The number of benzene rings is 2. The van der Waals surface area contributed by atoms with Crippen LogP contribution in [-0.4, -0.2) is 5.11 Å². The molecule has 7 heteroatoms. The van der Waals surface area contributed by atoms with Crippen LogP contribution in [0.4, 0.5) is 10.1 Å². The van der Waals surface area contributed by atoms with Gasteiger partial charge in [0.15, 0.2) is 11.5 Å². The van der Waals surface area contributed by atoms with Gasteiger partial charge in [-0.05, 0) is 23.8 Å². The predicted molar refractivity (Wildman–Crippen MR) is 92.9 cm³/mol. The first-order chi connectivity index (χ1) is 11.5. The molecule has 24 heavy (non-hydrogen) atoms. The van der Waals surface area contributed by atoms with Crippen LogP contribution in [0.2, 0.25) is 10.0 Å². The normalized spacial score (nSPS) is 19.6. The van der Waals surface area contributed by atoms with E-state index in [9.17, 15) is 9.50 Å². The molecule has 1 unspecified atom stereocenters. The van der Waals surface area contributed by atoms with Crippen LogP contribution in [0.15, 0.2) is 58.6 Å². The van der Waals surface area contributed by atoms with Crippen LogP contribution in [0.3, 0.4) is 0 Å². The number of halogens is 3. The molecule has 0 amide bonds. The van der Waals surface area contributed by atoms with Crippen molar-refractivity contribution in [3.8, 4) is 0 Å². The number of quaternary nitrogens is 1. The SMILES string of the molecule is CC1=CN=N[N+]1(Cc1ccc(Cl)c(Cl)c1)c1cc(CO)ccc1F. The lowest BCUT2D eigenvalue weighted by Crippen LogP contribution is -2.40. The van der Waals surface area contributed by atoms with Crippen LogP contribution in [0, 0.1) is 5.82 Å². The molecule has 1 aliphatic rings. The van der Waals surface area contributed by atoms with Crippen molar-refractivity contribution in [2.24, 2.45) is 10.3 Å². The molecule has 0 aliphatic carbocycles. The van der Waals surface area contributed by atoms with Gasteiger partial charge in [-0.15, -0.1) is 9.71 Å². The lowest BCUT2D eigenvalue weighted by Gasteiger charge is -2.28. The molecule has 1 heterocycles. The molecule has 3 rings (SSSR count). The fourth-order valence-corrected chi connectivity index (χ4v) is 3.01. The van der Waals surface area contributed by atoms with Crippen LogP contribution < -0.4 is 4.59 Å². The highest BCUT2D eigenvalue weighted by Crippen LogP contribution is 2.39. The molecule has 1 N–H and O–H groups in total. The first-order valence-corrected chi connectivity index (χ1v) is 8.03. The van der Waals surface area contributed by atoms with Gasteiger partial charge in [0, 0.05) is 23.8 Å². The highest BCUT2D eigenvalue weighted by molar-refractivity contribution is 6.42. The molecular formula is C17H15Cl2FN3O+. The summed E-state index contributed by atoms with van der Waals surface area (Å²) in [6, 6.07) is 9.73. The standard InChI is InChI=1S/C17H15Cl2FN3O/c1-11-8-21-22-23(11,9-12-2-4-14(18)15(19)6-12)17-7-13(10-24)3-5-16(17)20/h2-8,24H,9-10H2,1H3/q+1. The molecule has 124 valence electrons. The maximum Gasteiger partial charge on any atom is 0.202 e. The molecule has 2 aromatic carbocycles. The van der Waals surface area contributed by atoms with Crippen LogP contribution in [0.1, 0.15) is 18.1 Å². The molecule has 2 aromatic rings. The van der Waals surface area contributed by atoms with Gasteiger partial charge in [-0.3, -0.25) is 0 Å². The van der Waals surface area contributed by atoms with Gasteiger partial charge in [0.2, 0.25) is 5.69 Å². The lowest BCUT2D eigenvalue weighted by molar-refractivity contribution is 0.280. The third kappa shape index (κ3) is 2.96. The van der Waals surface area contributed by atoms with Crippen LogP contribution in [0.5, 0.6) is 0 Å². The number of rotatable bonds is 4. The second-order valence-electron chi connectivity index (χ2n) is 5.60. The summed E-state index contributed by atoms with van der Waals surface area (Å²) in [4.78, 5) is 0. The fraction of sp³-hybridized carbons (Fsp3) is 0.176.